The predicted molar refractivity (Wildman–Crippen MR) is 73.8 cm³/mol. The van der Waals surface area contributed by atoms with E-state index in [2.05, 4.69) is 0 Å². The van der Waals surface area contributed by atoms with Crippen LogP contribution in [-0.2, 0) is 0 Å². The molecule has 1 fully saturated rings. The van der Waals surface area contributed by atoms with Crippen LogP contribution in [0.4, 0.5) is 10.5 Å². The van der Waals surface area contributed by atoms with Crippen LogP contribution in [0.25, 0.3) is 0 Å². The fraction of sp³-hybridized carbons (Fsp3) is 0.500. The lowest BCUT2D eigenvalue weighted by Gasteiger charge is -2.39. The normalized spacial score (nSPS) is 20.4. The Morgan fingerprint density at radius 2 is 1.89 bits per heavy atom. The molecule has 2 rings (SSSR count). The van der Waals surface area contributed by atoms with Crippen molar-refractivity contribution in [3.8, 4) is 0 Å². The van der Waals surface area contributed by atoms with Gasteiger partial charge in [0.25, 0.3) is 0 Å². The molecule has 0 bridgehead atoms. The largest absolute Gasteiger partial charge is 0.330 e. The van der Waals surface area contributed by atoms with Gasteiger partial charge in [0, 0.05) is 26.1 Å². The van der Waals surface area contributed by atoms with Crippen molar-refractivity contribution < 1.29 is 4.79 Å². The molecule has 2 amide bonds. The molecule has 2 N–H and O–H groups in total. The van der Waals surface area contributed by atoms with Crippen LogP contribution in [0.5, 0.6) is 0 Å². The maximum Gasteiger partial charge on any atom is 0.324 e. The van der Waals surface area contributed by atoms with Crippen molar-refractivity contribution in [2.24, 2.45) is 11.7 Å². The number of urea groups is 1. The highest BCUT2D eigenvalue weighted by Crippen LogP contribution is 2.28. The van der Waals surface area contributed by atoms with Crippen molar-refractivity contribution in [1.29, 1.82) is 0 Å². The Bertz CT molecular complexity index is 438. The first-order valence-corrected chi connectivity index (χ1v) is 6.33. The zero-order valence-corrected chi connectivity index (χ0v) is 11.3. The molecular formula is C14H21N3O. The zero-order valence-electron chi connectivity index (χ0n) is 11.3. The van der Waals surface area contributed by atoms with Crippen molar-refractivity contribution in [3.63, 3.8) is 0 Å². The molecule has 0 aliphatic carbocycles. The lowest BCUT2D eigenvalue weighted by molar-refractivity contribution is 0.194. The summed E-state index contributed by atoms with van der Waals surface area (Å²) in [6.45, 7) is 6.16. The number of benzene rings is 1. The molecular weight excluding hydrogens is 226 g/mol. The summed E-state index contributed by atoms with van der Waals surface area (Å²) in [7, 11) is 1.84. The quantitative estimate of drug-likeness (QED) is 0.865. The first-order valence-electron chi connectivity index (χ1n) is 6.33. The van der Waals surface area contributed by atoms with E-state index in [1.54, 1.807) is 4.90 Å². The molecule has 1 aliphatic heterocycles. The minimum atomic E-state index is 0.0668. The van der Waals surface area contributed by atoms with Gasteiger partial charge in [0.2, 0.25) is 0 Å². The number of hydrogen-bond acceptors (Lipinski definition) is 2. The highest BCUT2D eigenvalue weighted by atomic mass is 16.2. The van der Waals surface area contributed by atoms with Gasteiger partial charge in [-0.05, 0) is 31.5 Å². The predicted octanol–water partition coefficient (Wildman–Crippen LogP) is 1.75. The maximum atomic E-state index is 12.3. The summed E-state index contributed by atoms with van der Waals surface area (Å²) in [4.78, 5) is 15.9. The minimum Gasteiger partial charge on any atom is -0.330 e. The first kappa shape index (κ1) is 12.9. The van der Waals surface area contributed by atoms with Crippen molar-refractivity contribution in [2.45, 2.75) is 13.8 Å². The van der Waals surface area contributed by atoms with Crippen LogP contribution in [0.3, 0.4) is 0 Å². The Labute approximate surface area is 108 Å². The molecule has 1 saturated heterocycles. The molecule has 0 saturated carbocycles. The summed E-state index contributed by atoms with van der Waals surface area (Å²) in [6.07, 6.45) is 0. The molecule has 1 atom stereocenters. The van der Waals surface area contributed by atoms with Crippen LogP contribution in [-0.4, -0.2) is 37.6 Å². The van der Waals surface area contributed by atoms with Gasteiger partial charge in [-0.15, -0.1) is 0 Å². The number of hydrogen-bond donors (Lipinski definition) is 1. The molecule has 0 spiro atoms. The van der Waals surface area contributed by atoms with Crippen LogP contribution >= 0.6 is 0 Å². The molecule has 0 radical (unpaired) electrons. The standard InChI is InChI=1S/C14H21N3O/c1-10-5-4-6-11(2)13(10)17-9-12(7-15)8-16(3)14(17)18/h4-6,12H,7-9,15H2,1-3H3. The van der Waals surface area contributed by atoms with Crippen molar-refractivity contribution in [1.82, 2.24) is 4.90 Å². The number of carbonyl (C=O) groups is 1. The fourth-order valence-electron chi connectivity index (χ4n) is 2.63. The highest BCUT2D eigenvalue weighted by molar-refractivity contribution is 5.94. The number of aryl methyl sites for hydroxylation is 2. The van der Waals surface area contributed by atoms with Gasteiger partial charge in [-0.25, -0.2) is 4.79 Å². The van der Waals surface area contributed by atoms with E-state index >= 15 is 0 Å². The number of amides is 2. The number of para-hydroxylation sites is 1. The smallest absolute Gasteiger partial charge is 0.324 e. The number of nitrogens with two attached hydrogens (primary N) is 1. The summed E-state index contributed by atoms with van der Waals surface area (Å²) in [5.41, 5.74) is 9.06. The van der Waals surface area contributed by atoms with E-state index in [9.17, 15) is 4.79 Å². The van der Waals surface area contributed by atoms with Crippen LogP contribution in [0.15, 0.2) is 18.2 Å². The van der Waals surface area contributed by atoms with Crippen molar-refractivity contribution >= 4 is 11.7 Å². The van der Waals surface area contributed by atoms with Crippen LogP contribution in [0.2, 0.25) is 0 Å². The van der Waals surface area contributed by atoms with E-state index in [0.29, 0.717) is 19.0 Å². The minimum absolute atomic E-state index is 0.0668. The first-order chi connectivity index (χ1) is 8.54. The third kappa shape index (κ3) is 2.20. The molecule has 4 nitrogen and oxygen atoms in total. The number of carbonyl (C=O) groups excluding carboxylic acids is 1. The average Bonchev–Trinajstić information content (AvgIpc) is 2.33. The van der Waals surface area contributed by atoms with E-state index in [0.717, 1.165) is 23.4 Å². The molecule has 0 aromatic heterocycles. The number of nitrogens with zero attached hydrogens (tertiary/aromatic N) is 2. The van der Waals surface area contributed by atoms with Gasteiger partial charge < -0.3 is 10.6 Å². The Morgan fingerprint density at radius 1 is 1.28 bits per heavy atom. The van der Waals surface area contributed by atoms with E-state index in [-0.39, 0.29) is 6.03 Å². The molecule has 1 aromatic carbocycles. The second-order valence-electron chi connectivity index (χ2n) is 5.12. The number of anilines is 1. The highest BCUT2D eigenvalue weighted by Gasteiger charge is 2.31. The van der Waals surface area contributed by atoms with Gasteiger partial charge in [0.15, 0.2) is 0 Å². The summed E-state index contributed by atoms with van der Waals surface area (Å²) >= 11 is 0. The van der Waals surface area contributed by atoms with Crippen molar-refractivity contribution in [3.05, 3.63) is 29.3 Å². The summed E-state index contributed by atoms with van der Waals surface area (Å²) in [5, 5.41) is 0. The molecule has 1 aromatic rings. The average molecular weight is 247 g/mol. The van der Waals surface area contributed by atoms with Gasteiger partial charge >= 0.3 is 6.03 Å². The number of rotatable bonds is 2. The zero-order chi connectivity index (χ0) is 13.3. The van der Waals surface area contributed by atoms with E-state index in [4.69, 9.17) is 5.73 Å². The Balaban J connectivity index is 2.38. The van der Waals surface area contributed by atoms with Gasteiger partial charge in [0.05, 0.1) is 5.69 Å². The second-order valence-corrected chi connectivity index (χ2v) is 5.12. The fourth-order valence-corrected chi connectivity index (χ4v) is 2.63. The van der Waals surface area contributed by atoms with E-state index in [1.165, 1.54) is 0 Å². The summed E-state index contributed by atoms with van der Waals surface area (Å²) in [5.74, 6) is 0.340. The maximum absolute atomic E-state index is 12.3. The van der Waals surface area contributed by atoms with Crippen LogP contribution in [0, 0.1) is 19.8 Å². The lowest BCUT2D eigenvalue weighted by Crippen LogP contribution is -2.54. The van der Waals surface area contributed by atoms with Gasteiger partial charge in [-0.1, -0.05) is 18.2 Å². The SMILES string of the molecule is Cc1cccc(C)c1N1CC(CN)CN(C)C1=O. The Kier molecular flexibility index (Phi) is 3.57. The van der Waals surface area contributed by atoms with Crippen LogP contribution < -0.4 is 10.6 Å². The topological polar surface area (TPSA) is 49.6 Å². The van der Waals surface area contributed by atoms with Gasteiger partial charge in [0.1, 0.15) is 0 Å². The molecule has 1 unspecified atom stereocenters. The van der Waals surface area contributed by atoms with Gasteiger partial charge in [-0.2, -0.15) is 0 Å². The van der Waals surface area contributed by atoms with E-state index in [1.807, 2.05) is 44.0 Å². The molecule has 1 aliphatic rings. The summed E-state index contributed by atoms with van der Waals surface area (Å²) in [6, 6.07) is 6.17. The lowest BCUT2D eigenvalue weighted by atomic mass is 10.0. The third-order valence-corrected chi connectivity index (χ3v) is 3.57. The monoisotopic (exact) mass is 247 g/mol. The molecule has 98 valence electrons. The third-order valence-electron chi connectivity index (χ3n) is 3.57. The van der Waals surface area contributed by atoms with Crippen LogP contribution in [0.1, 0.15) is 11.1 Å². The van der Waals surface area contributed by atoms with Crippen molar-refractivity contribution in [2.75, 3.05) is 31.6 Å². The summed E-state index contributed by atoms with van der Waals surface area (Å²) < 4.78 is 0. The van der Waals surface area contributed by atoms with Gasteiger partial charge in [-0.3, -0.25) is 4.90 Å². The Hall–Kier alpha value is -1.55. The van der Waals surface area contributed by atoms with E-state index < -0.39 is 0 Å². The molecule has 18 heavy (non-hydrogen) atoms. The molecule has 1 heterocycles. The molecule has 4 heteroatoms. The Morgan fingerprint density at radius 3 is 2.44 bits per heavy atom. The second kappa shape index (κ2) is 4.98.